The fourth-order valence-corrected chi connectivity index (χ4v) is 2.50. The Morgan fingerprint density at radius 1 is 1.10 bits per heavy atom. The molecule has 0 saturated heterocycles. The maximum atomic E-state index is 6.13. The Labute approximate surface area is 128 Å². The monoisotopic (exact) mass is 301 g/mol. The van der Waals surface area contributed by atoms with Crippen LogP contribution in [0.25, 0.3) is 11.0 Å². The molecule has 1 N–H and O–H groups in total. The normalized spacial score (nSPS) is 11.0. The molecule has 1 heterocycles. The molecule has 0 aliphatic heterocycles. The van der Waals surface area contributed by atoms with Crippen molar-refractivity contribution in [1.29, 1.82) is 0 Å². The molecule has 0 atom stereocenters. The van der Waals surface area contributed by atoms with Gasteiger partial charge < -0.3 is 14.5 Å². The molecule has 0 amide bonds. The zero-order valence-corrected chi connectivity index (χ0v) is 12.5. The molecule has 0 aliphatic rings. The number of furan rings is 1. The fourth-order valence-electron chi connectivity index (χ4n) is 2.30. The van der Waals surface area contributed by atoms with Crippen molar-refractivity contribution in [1.82, 2.24) is 5.32 Å². The van der Waals surface area contributed by atoms with Gasteiger partial charge in [0.25, 0.3) is 0 Å². The second-order valence-electron chi connectivity index (χ2n) is 4.79. The number of fused-ring (bicyclic) bond motifs is 1. The smallest absolute Gasteiger partial charge is 0.176 e. The molecule has 108 valence electrons. The summed E-state index contributed by atoms with van der Waals surface area (Å²) in [5.74, 6) is 1.63. The van der Waals surface area contributed by atoms with Crippen LogP contribution in [-0.4, -0.2) is 7.11 Å². The Kier molecular flexibility index (Phi) is 4.13. The molecule has 0 bridgehead atoms. The fraction of sp³-hybridized carbons (Fsp3) is 0.176. The summed E-state index contributed by atoms with van der Waals surface area (Å²) in [5.41, 5.74) is 1.86. The van der Waals surface area contributed by atoms with E-state index < -0.39 is 0 Å². The molecule has 0 saturated carbocycles. The highest BCUT2D eigenvalue weighted by molar-refractivity contribution is 6.31. The molecule has 0 spiro atoms. The van der Waals surface area contributed by atoms with Gasteiger partial charge in [-0.25, -0.2) is 0 Å². The van der Waals surface area contributed by atoms with E-state index in [0.29, 0.717) is 13.1 Å². The maximum Gasteiger partial charge on any atom is 0.176 e. The minimum absolute atomic E-state index is 0.642. The van der Waals surface area contributed by atoms with Gasteiger partial charge in [0.05, 0.1) is 13.7 Å². The molecular weight excluding hydrogens is 286 g/mol. The van der Waals surface area contributed by atoms with Crippen molar-refractivity contribution in [3.05, 3.63) is 64.9 Å². The minimum atomic E-state index is 0.642. The van der Waals surface area contributed by atoms with Crippen LogP contribution in [0, 0.1) is 0 Å². The molecule has 3 nitrogen and oxygen atoms in total. The van der Waals surface area contributed by atoms with Gasteiger partial charge in [0.2, 0.25) is 0 Å². The number of nitrogens with one attached hydrogen (secondary N) is 1. The summed E-state index contributed by atoms with van der Waals surface area (Å²) < 4.78 is 11.1. The molecule has 0 unspecified atom stereocenters. The van der Waals surface area contributed by atoms with E-state index in [0.717, 1.165) is 33.1 Å². The van der Waals surface area contributed by atoms with Crippen molar-refractivity contribution in [3.8, 4) is 5.75 Å². The number of methoxy groups -OCH3 is 1. The van der Waals surface area contributed by atoms with E-state index in [1.807, 2.05) is 48.5 Å². The molecule has 4 heteroatoms. The third kappa shape index (κ3) is 3.04. The zero-order chi connectivity index (χ0) is 14.7. The van der Waals surface area contributed by atoms with E-state index >= 15 is 0 Å². The van der Waals surface area contributed by atoms with Crippen LogP contribution in [-0.2, 0) is 13.1 Å². The summed E-state index contributed by atoms with van der Waals surface area (Å²) >= 11 is 6.13. The predicted molar refractivity (Wildman–Crippen MR) is 84.8 cm³/mol. The van der Waals surface area contributed by atoms with Gasteiger partial charge in [-0.15, -0.1) is 0 Å². The zero-order valence-electron chi connectivity index (χ0n) is 11.7. The van der Waals surface area contributed by atoms with E-state index in [1.54, 1.807) is 7.11 Å². The van der Waals surface area contributed by atoms with Crippen LogP contribution in [0.5, 0.6) is 5.75 Å². The van der Waals surface area contributed by atoms with Crippen LogP contribution >= 0.6 is 11.6 Å². The van der Waals surface area contributed by atoms with E-state index in [2.05, 4.69) is 5.32 Å². The number of benzene rings is 2. The lowest BCUT2D eigenvalue weighted by atomic mass is 10.2. The summed E-state index contributed by atoms with van der Waals surface area (Å²) in [4.78, 5) is 0. The van der Waals surface area contributed by atoms with Crippen molar-refractivity contribution in [2.24, 2.45) is 0 Å². The van der Waals surface area contributed by atoms with E-state index in [-0.39, 0.29) is 0 Å². The van der Waals surface area contributed by atoms with Gasteiger partial charge in [0, 0.05) is 17.0 Å². The van der Waals surface area contributed by atoms with Gasteiger partial charge in [-0.2, -0.15) is 0 Å². The molecular formula is C17H16ClNO2. The largest absolute Gasteiger partial charge is 0.493 e. The quantitative estimate of drug-likeness (QED) is 0.759. The van der Waals surface area contributed by atoms with Gasteiger partial charge in [-0.05, 0) is 23.8 Å². The minimum Gasteiger partial charge on any atom is -0.493 e. The maximum absolute atomic E-state index is 6.13. The summed E-state index contributed by atoms with van der Waals surface area (Å²) in [6, 6.07) is 15.7. The van der Waals surface area contributed by atoms with E-state index in [4.69, 9.17) is 20.8 Å². The number of hydrogen-bond acceptors (Lipinski definition) is 3. The molecule has 0 fully saturated rings. The summed E-state index contributed by atoms with van der Waals surface area (Å²) in [5, 5.41) is 5.16. The number of para-hydroxylation sites is 1. The number of ether oxygens (including phenoxy) is 1. The Morgan fingerprint density at radius 3 is 2.76 bits per heavy atom. The second kappa shape index (κ2) is 6.20. The highest BCUT2D eigenvalue weighted by Crippen LogP contribution is 2.28. The van der Waals surface area contributed by atoms with Crippen molar-refractivity contribution >= 4 is 22.6 Å². The van der Waals surface area contributed by atoms with Gasteiger partial charge >= 0.3 is 0 Å². The third-order valence-corrected chi connectivity index (χ3v) is 3.72. The van der Waals surface area contributed by atoms with Gasteiger partial charge in [-0.1, -0.05) is 41.9 Å². The molecule has 3 aromatic rings. The Balaban J connectivity index is 1.70. The molecule has 0 aliphatic carbocycles. The van der Waals surface area contributed by atoms with Crippen LogP contribution in [0.4, 0.5) is 0 Å². The van der Waals surface area contributed by atoms with Gasteiger partial charge in [0.1, 0.15) is 5.76 Å². The highest BCUT2D eigenvalue weighted by Gasteiger charge is 2.08. The molecule has 2 aromatic carbocycles. The highest BCUT2D eigenvalue weighted by atomic mass is 35.5. The molecule has 21 heavy (non-hydrogen) atoms. The van der Waals surface area contributed by atoms with Crippen LogP contribution in [0.3, 0.4) is 0 Å². The third-order valence-electron chi connectivity index (χ3n) is 3.35. The van der Waals surface area contributed by atoms with Crippen molar-refractivity contribution < 1.29 is 9.15 Å². The topological polar surface area (TPSA) is 34.4 Å². The Morgan fingerprint density at radius 2 is 1.95 bits per heavy atom. The first-order chi connectivity index (χ1) is 10.3. The van der Waals surface area contributed by atoms with E-state index in [9.17, 15) is 0 Å². The van der Waals surface area contributed by atoms with Gasteiger partial charge in [0.15, 0.2) is 11.3 Å². The van der Waals surface area contributed by atoms with Crippen LogP contribution < -0.4 is 10.1 Å². The molecule has 3 rings (SSSR count). The average molecular weight is 302 g/mol. The second-order valence-corrected chi connectivity index (χ2v) is 5.19. The van der Waals surface area contributed by atoms with Gasteiger partial charge in [-0.3, -0.25) is 0 Å². The predicted octanol–water partition coefficient (Wildman–Crippen LogP) is 4.38. The molecule has 1 aromatic heterocycles. The summed E-state index contributed by atoms with van der Waals surface area (Å²) in [6.07, 6.45) is 0. The first-order valence-corrected chi connectivity index (χ1v) is 7.15. The lowest BCUT2D eigenvalue weighted by Crippen LogP contribution is -2.12. The summed E-state index contributed by atoms with van der Waals surface area (Å²) in [7, 11) is 1.65. The lowest BCUT2D eigenvalue weighted by Gasteiger charge is -2.04. The average Bonchev–Trinajstić information content (AvgIpc) is 2.92. The van der Waals surface area contributed by atoms with E-state index in [1.165, 1.54) is 0 Å². The number of halogens is 1. The Bertz CT molecular complexity index is 751. The Hall–Kier alpha value is -1.97. The van der Waals surface area contributed by atoms with Crippen LogP contribution in [0.15, 0.2) is 52.9 Å². The standard InChI is InChI=1S/C17H16ClNO2/c1-20-16-8-4-6-12-9-14(21-17(12)16)11-19-10-13-5-2-3-7-15(13)18/h2-9,19H,10-11H2,1H3. The van der Waals surface area contributed by atoms with Crippen molar-refractivity contribution in [2.75, 3.05) is 7.11 Å². The van der Waals surface area contributed by atoms with Crippen LogP contribution in [0.1, 0.15) is 11.3 Å². The lowest BCUT2D eigenvalue weighted by molar-refractivity contribution is 0.406. The van der Waals surface area contributed by atoms with Crippen molar-refractivity contribution in [2.45, 2.75) is 13.1 Å². The van der Waals surface area contributed by atoms with Crippen molar-refractivity contribution in [3.63, 3.8) is 0 Å². The number of rotatable bonds is 5. The first-order valence-electron chi connectivity index (χ1n) is 6.77. The SMILES string of the molecule is COc1cccc2cc(CNCc3ccccc3Cl)oc12. The summed E-state index contributed by atoms with van der Waals surface area (Å²) in [6.45, 7) is 1.34. The number of hydrogen-bond donors (Lipinski definition) is 1. The first kappa shape index (κ1) is 14.0. The van der Waals surface area contributed by atoms with Crippen LogP contribution in [0.2, 0.25) is 5.02 Å². The molecule has 0 radical (unpaired) electrons.